The van der Waals surface area contributed by atoms with E-state index in [0.29, 0.717) is 6.42 Å². The molecular formula is C21H27FN4O. The van der Waals surface area contributed by atoms with Crippen molar-refractivity contribution in [1.29, 1.82) is 0 Å². The highest BCUT2D eigenvalue weighted by atomic mass is 19.1. The molecule has 2 aliphatic rings. The van der Waals surface area contributed by atoms with Crippen LogP contribution < -0.4 is 0 Å². The lowest BCUT2D eigenvalue weighted by Gasteiger charge is -2.48. The van der Waals surface area contributed by atoms with Crippen molar-refractivity contribution in [3.63, 3.8) is 0 Å². The van der Waals surface area contributed by atoms with Crippen molar-refractivity contribution in [2.24, 2.45) is 5.41 Å². The van der Waals surface area contributed by atoms with E-state index in [1.165, 1.54) is 12.5 Å². The second-order valence-corrected chi connectivity index (χ2v) is 8.09. The zero-order chi connectivity index (χ0) is 18.7. The van der Waals surface area contributed by atoms with Gasteiger partial charge in [0.25, 0.3) is 0 Å². The smallest absolute Gasteiger partial charge is 0.222 e. The topological polar surface area (TPSA) is 52.2 Å². The highest BCUT2D eigenvalue weighted by molar-refractivity contribution is 5.77. The first-order chi connectivity index (χ1) is 13.1. The van der Waals surface area contributed by atoms with E-state index in [1.807, 2.05) is 17.2 Å². The first-order valence-electron chi connectivity index (χ1n) is 9.84. The molecule has 1 aromatic carbocycles. The van der Waals surface area contributed by atoms with Crippen molar-refractivity contribution in [2.75, 3.05) is 26.2 Å². The first-order valence-corrected chi connectivity index (χ1v) is 9.84. The number of likely N-dealkylation sites (tertiary alicyclic amines) is 2. The van der Waals surface area contributed by atoms with Gasteiger partial charge in [-0.1, -0.05) is 12.1 Å². The molecule has 2 aliphatic heterocycles. The van der Waals surface area contributed by atoms with Crippen LogP contribution in [0.4, 0.5) is 4.39 Å². The third kappa shape index (κ3) is 4.38. The van der Waals surface area contributed by atoms with Crippen LogP contribution in [-0.2, 0) is 17.8 Å². The van der Waals surface area contributed by atoms with Gasteiger partial charge in [-0.05, 0) is 43.5 Å². The van der Waals surface area contributed by atoms with Crippen molar-refractivity contribution in [1.82, 2.24) is 19.8 Å². The largest absolute Gasteiger partial charge is 0.348 e. The van der Waals surface area contributed by atoms with Gasteiger partial charge in [0.1, 0.15) is 5.82 Å². The predicted molar refractivity (Wildman–Crippen MR) is 101 cm³/mol. The normalized spacial score (nSPS) is 23.9. The number of aromatic amines is 1. The predicted octanol–water partition coefficient (Wildman–Crippen LogP) is 3.00. The van der Waals surface area contributed by atoms with Gasteiger partial charge in [-0.3, -0.25) is 9.69 Å². The molecule has 3 heterocycles. The molecule has 2 saturated heterocycles. The van der Waals surface area contributed by atoms with Crippen LogP contribution in [-0.4, -0.2) is 51.9 Å². The van der Waals surface area contributed by atoms with E-state index < -0.39 is 0 Å². The molecule has 0 saturated carbocycles. The Labute approximate surface area is 159 Å². The van der Waals surface area contributed by atoms with Crippen LogP contribution in [0.2, 0.25) is 0 Å². The third-order valence-corrected chi connectivity index (χ3v) is 5.99. The Balaban J connectivity index is 1.39. The van der Waals surface area contributed by atoms with Gasteiger partial charge < -0.3 is 9.88 Å². The fourth-order valence-corrected chi connectivity index (χ4v) is 4.65. The first kappa shape index (κ1) is 18.2. The Bertz CT molecular complexity index is 778. The van der Waals surface area contributed by atoms with E-state index in [9.17, 15) is 9.18 Å². The molecule has 2 aromatic rings. The number of amides is 1. The van der Waals surface area contributed by atoms with E-state index in [2.05, 4.69) is 14.9 Å². The zero-order valence-electron chi connectivity index (χ0n) is 15.7. The van der Waals surface area contributed by atoms with Gasteiger partial charge in [-0.15, -0.1) is 0 Å². The van der Waals surface area contributed by atoms with Gasteiger partial charge in [0.2, 0.25) is 5.91 Å². The Morgan fingerprint density at radius 2 is 2.19 bits per heavy atom. The second kappa shape index (κ2) is 7.80. The summed E-state index contributed by atoms with van der Waals surface area (Å²) in [6, 6.07) is 6.89. The van der Waals surface area contributed by atoms with Crippen molar-refractivity contribution in [2.45, 2.75) is 38.6 Å². The monoisotopic (exact) mass is 370 g/mol. The minimum atomic E-state index is -0.174. The van der Waals surface area contributed by atoms with Crippen molar-refractivity contribution >= 4 is 5.91 Å². The quantitative estimate of drug-likeness (QED) is 0.880. The maximum Gasteiger partial charge on any atom is 0.222 e. The van der Waals surface area contributed by atoms with Gasteiger partial charge in [-0.25, -0.2) is 9.37 Å². The van der Waals surface area contributed by atoms with Crippen LogP contribution in [0.3, 0.4) is 0 Å². The number of carbonyl (C=O) groups is 1. The van der Waals surface area contributed by atoms with E-state index in [1.54, 1.807) is 18.5 Å². The molecule has 27 heavy (non-hydrogen) atoms. The lowest BCUT2D eigenvalue weighted by atomic mass is 9.73. The van der Waals surface area contributed by atoms with E-state index in [0.717, 1.165) is 63.2 Å². The number of imidazole rings is 1. The Morgan fingerprint density at radius 1 is 1.26 bits per heavy atom. The molecule has 6 heteroatoms. The summed E-state index contributed by atoms with van der Waals surface area (Å²) in [6.45, 7) is 4.38. The van der Waals surface area contributed by atoms with Crippen molar-refractivity contribution in [3.8, 4) is 0 Å². The number of nitrogens with zero attached hydrogens (tertiary/aromatic N) is 3. The Kier molecular flexibility index (Phi) is 5.25. The lowest BCUT2D eigenvalue weighted by Crippen LogP contribution is -2.54. The van der Waals surface area contributed by atoms with Gasteiger partial charge in [-0.2, -0.15) is 0 Å². The molecule has 1 N–H and O–H groups in total. The van der Waals surface area contributed by atoms with Crippen LogP contribution in [0.25, 0.3) is 0 Å². The summed E-state index contributed by atoms with van der Waals surface area (Å²) in [5, 5.41) is 0. The van der Waals surface area contributed by atoms with Crippen LogP contribution in [0.1, 0.15) is 36.9 Å². The summed E-state index contributed by atoms with van der Waals surface area (Å²) in [5.74, 6) is 0.0925. The number of hydrogen-bond acceptors (Lipinski definition) is 3. The minimum absolute atomic E-state index is 0.174. The van der Waals surface area contributed by atoms with Crippen LogP contribution in [0.15, 0.2) is 36.8 Å². The van der Waals surface area contributed by atoms with Crippen LogP contribution in [0.5, 0.6) is 0 Å². The molecule has 2 fully saturated rings. The number of nitrogens with one attached hydrogen (secondary N) is 1. The molecule has 1 unspecified atom stereocenters. The van der Waals surface area contributed by atoms with Crippen LogP contribution >= 0.6 is 0 Å². The molecule has 4 rings (SSSR count). The van der Waals surface area contributed by atoms with Gasteiger partial charge in [0.05, 0.1) is 6.33 Å². The molecule has 1 amide bonds. The summed E-state index contributed by atoms with van der Waals surface area (Å²) in [6.07, 6.45) is 8.22. The van der Waals surface area contributed by atoms with E-state index in [4.69, 9.17) is 0 Å². The van der Waals surface area contributed by atoms with Gasteiger partial charge in [0.15, 0.2) is 0 Å². The number of halogens is 1. The number of hydrogen-bond donors (Lipinski definition) is 1. The van der Waals surface area contributed by atoms with Gasteiger partial charge in [0, 0.05) is 56.3 Å². The second-order valence-electron chi connectivity index (χ2n) is 8.09. The summed E-state index contributed by atoms with van der Waals surface area (Å²) in [5.41, 5.74) is 2.27. The summed E-state index contributed by atoms with van der Waals surface area (Å²) in [4.78, 5) is 24.1. The molecule has 1 aromatic heterocycles. The SMILES string of the molecule is O=C1CCC2(CCCN(Cc3cccc(F)c3)C2)CN1CCc1cnc[nH]1. The molecule has 0 radical (unpaired) electrons. The van der Waals surface area contributed by atoms with Crippen LogP contribution in [0, 0.1) is 11.2 Å². The fraction of sp³-hybridized carbons (Fsp3) is 0.524. The summed E-state index contributed by atoms with van der Waals surface area (Å²) in [7, 11) is 0. The number of piperidine rings is 2. The fourth-order valence-electron chi connectivity index (χ4n) is 4.65. The number of benzene rings is 1. The molecule has 5 nitrogen and oxygen atoms in total. The number of H-pyrrole nitrogens is 1. The average molecular weight is 370 g/mol. The minimum Gasteiger partial charge on any atom is -0.348 e. The molecule has 0 bridgehead atoms. The van der Waals surface area contributed by atoms with E-state index in [-0.39, 0.29) is 17.1 Å². The van der Waals surface area contributed by atoms with Gasteiger partial charge >= 0.3 is 0 Å². The maximum atomic E-state index is 13.5. The maximum absolute atomic E-state index is 13.5. The third-order valence-electron chi connectivity index (χ3n) is 5.99. The Hall–Kier alpha value is -2.21. The highest BCUT2D eigenvalue weighted by Gasteiger charge is 2.41. The summed E-state index contributed by atoms with van der Waals surface area (Å²) >= 11 is 0. The highest BCUT2D eigenvalue weighted by Crippen LogP contribution is 2.39. The zero-order valence-corrected chi connectivity index (χ0v) is 15.7. The number of rotatable bonds is 5. The molecule has 1 spiro atoms. The van der Waals surface area contributed by atoms with E-state index >= 15 is 0 Å². The molecule has 144 valence electrons. The summed E-state index contributed by atoms with van der Waals surface area (Å²) < 4.78 is 13.5. The Morgan fingerprint density at radius 3 is 3.00 bits per heavy atom. The molecule has 1 atom stereocenters. The van der Waals surface area contributed by atoms with Crippen molar-refractivity contribution in [3.05, 3.63) is 53.9 Å². The van der Waals surface area contributed by atoms with Crippen molar-refractivity contribution < 1.29 is 9.18 Å². The molecule has 0 aliphatic carbocycles. The average Bonchev–Trinajstić information content (AvgIpc) is 3.17. The number of aromatic nitrogens is 2. The standard InChI is InChI=1S/C21H27FN4O/c22-18-4-1-3-17(11-18)13-25-9-2-7-21(14-25)8-5-20(27)26(15-21)10-6-19-12-23-16-24-19/h1,3-4,11-12,16H,2,5-10,13-15H2,(H,23,24). The number of carbonyl (C=O) groups excluding carboxylic acids is 1. The molecular weight excluding hydrogens is 343 g/mol. The lowest BCUT2D eigenvalue weighted by molar-refractivity contribution is -0.139.